The van der Waals surface area contributed by atoms with Crippen molar-refractivity contribution < 1.29 is 0 Å². The fourth-order valence-electron chi connectivity index (χ4n) is 2.11. The Hall–Kier alpha value is -0.820. The largest absolute Gasteiger partial charge is 0.328 e. The van der Waals surface area contributed by atoms with E-state index in [1.165, 1.54) is 11.1 Å². The molecular weight excluding hydrogens is 182 g/mol. The molecule has 1 atom stereocenters. The lowest BCUT2D eigenvalue weighted by Gasteiger charge is -2.27. The molecule has 0 aromatic heterocycles. The number of hydrogen-bond acceptors (Lipinski definition) is 1. The van der Waals surface area contributed by atoms with E-state index in [-0.39, 0.29) is 11.5 Å². The van der Waals surface area contributed by atoms with Crippen LogP contribution in [0.15, 0.2) is 24.3 Å². The van der Waals surface area contributed by atoms with Crippen molar-refractivity contribution >= 4 is 0 Å². The second-order valence-corrected chi connectivity index (χ2v) is 5.12. The van der Waals surface area contributed by atoms with E-state index in [9.17, 15) is 0 Å². The highest BCUT2D eigenvalue weighted by atomic mass is 14.6. The molecule has 0 aliphatic rings. The summed E-state index contributed by atoms with van der Waals surface area (Å²) in [6.45, 7) is 8.78. The fourth-order valence-corrected chi connectivity index (χ4v) is 2.11. The Bertz CT molecular complexity index is 296. The highest BCUT2D eigenvalue weighted by molar-refractivity contribution is 5.28. The summed E-state index contributed by atoms with van der Waals surface area (Å²) in [7, 11) is 0. The lowest BCUT2D eigenvalue weighted by Crippen LogP contribution is -2.28. The number of hydrogen-bond donors (Lipinski definition) is 1. The van der Waals surface area contributed by atoms with E-state index < -0.39 is 0 Å². The minimum absolute atomic E-state index is 0.181. The van der Waals surface area contributed by atoms with E-state index >= 15 is 0 Å². The molecule has 1 rings (SSSR count). The minimum Gasteiger partial charge on any atom is -0.328 e. The molecule has 1 heteroatoms. The summed E-state index contributed by atoms with van der Waals surface area (Å²) >= 11 is 0. The van der Waals surface area contributed by atoms with Crippen molar-refractivity contribution in [2.45, 2.75) is 52.0 Å². The molecule has 84 valence electrons. The molecule has 0 aliphatic carbocycles. The molecule has 0 bridgehead atoms. The molecule has 0 amide bonds. The van der Waals surface area contributed by atoms with Crippen molar-refractivity contribution in [3.8, 4) is 0 Å². The van der Waals surface area contributed by atoms with Crippen molar-refractivity contribution in [2.24, 2.45) is 5.73 Å². The van der Waals surface area contributed by atoms with Gasteiger partial charge in [0.05, 0.1) is 0 Å². The van der Waals surface area contributed by atoms with Gasteiger partial charge in [0.15, 0.2) is 0 Å². The first-order chi connectivity index (χ1) is 6.95. The summed E-state index contributed by atoms with van der Waals surface area (Å²) < 4.78 is 0. The maximum Gasteiger partial charge on any atom is 0.00187 e. The predicted molar refractivity (Wildman–Crippen MR) is 67.1 cm³/mol. The molecule has 0 spiro atoms. The first-order valence-corrected chi connectivity index (χ1v) is 5.80. The van der Waals surface area contributed by atoms with Crippen LogP contribution in [-0.2, 0) is 11.8 Å². The third-order valence-corrected chi connectivity index (χ3v) is 2.98. The van der Waals surface area contributed by atoms with Crippen LogP contribution in [0, 0.1) is 0 Å². The molecule has 0 radical (unpaired) electrons. The third kappa shape index (κ3) is 3.35. The Balaban J connectivity index is 2.85. The molecule has 2 N–H and O–H groups in total. The van der Waals surface area contributed by atoms with Crippen LogP contribution in [-0.4, -0.2) is 6.04 Å². The summed E-state index contributed by atoms with van der Waals surface area (Å²) in [6.07, 6.45) is 2.13. The minimum atomic E-state index is 0.181. The monoisotopic (exact) mass is 205 g/mol. The Morgan fingerprint density at radius 2 is 1.73 bits per heavy atom. The van der Waals surface area contributed by atoms with Crippen molar-refractivity contribution in [1.29, 1.82) is 0 Å². The number of nitrogens with two attached hydrogens (primary N) is 1. The maximum absolute atomic E-state index is 5.87. The summed E-state index contributed by atoms with van der Waals surface area (Å²) in [5.74, 6) is 0. The van der Waals surface area contributed by atoms with E-state index in [0.29, 0.717) is 0 Å². The van der Waals surface area contributed by atoms with E-state index in [2.05, 4.69) is 52.0 Å². The van der Waals surface area contributed by atoms with Crippen LogP contribution >= 0.6 is 0 Å². The first kappa shape index (κ1) is 12.3. The van der Waals surface area contributed by atoms with Crippen LogP contribution in [0.2, 0.25) is 0 Å². The van der Waals surface area contributed by atoms with Gasteiger partial charge in [0.2, 0.25) is 0 Å². The van der Waals surface area contributed by atoms with E-state index in [1.807, 2.05) is 0 Å². The van der Waals surface area contributed by atoms with Gasteiger partial charge < -0.3 is 5.73 Å². The van der Waals surface area contributed by atoms with Gasteiger partial charge in [0.1, 0.15) is 0 Å². The van der Waals surface area contributed by atoms with Gasteiger partial charge in [-0.1, -0.05) is 45.0 Å². The van der Waals surface area contributed by atoms with Crippen LogP contribution in [0.5, 0.6) is 0 Å². The third-order valence-electron chi connectivity index (χ3n) is 2.98. The zero-order valence-corrected chi connectivity index (χ0v) is 10.4. The molecule has 0 heterocycles. The van der Waals surface area contributed by atoms with Crippen molar-refractivity contribution in [3.63, 3.8) is 0 Å². The zero-order chi connectivity index (χ0) is 11.5. The summed E-state index contributed by atoms with van der Waals surface area (Å²) in [5, 5.41) is 0. The Labute approximate surface area is 93.7 Å². The van der Waals surface area contributed by atoms with Gasteiger partial charge in [-0.05, 0) is 36.3 Å². The Kier molecular flexibility index (Phi) is 3.92. The highest BCUT2D eigenvalue weighted by Crippen LogP contribution is 2.28. The fraction of sp³-hybridized carbons (Fsp3) is 0.571. The van der Waals surface area contributed by atoms with E-state index in [1.54, 1.807) is 0 Å². The maximum atomic E-state index is 5.87. The lowest BCUT2D eigenvalue weighted by molar-refractivity contribution is 0.437. The lowest BCUT2D eigenvalue weighted by atomic mass is 9.79. The van der Waals surface area contributed by atoms with Gasteiger partial charge in [-0.25, -0.2) is 0 Å². The predicted octanol–water partition coefficient (Wildman–Crippen LogP) is 3.26. The molecule has 0 fully saturated rings. The molecule has 0 unspecified atom stereocenters. The molecule has 0 aliphatic heterocycles. The number of benzene rings is 1. The van der Waals surface area contributed by atoms with Crippen LogP contribution < -0.4 is 5.73 Å². The second kappa shape index (κ2) is 4.80. The highest BCUT2D eigenvalue weighted by Gasteiger charge is 2.21. The van der Waals surface area contributed by atoms with Crippen LogP contribution in [0.25, 0.3) is 0 Å². The zero-order valence-electron chi connectivity index (χ0n) is 10.4. The van der Waals surface area contributed by atoms with Crippen LogP contribution in [0.3, 0.4) is 0 Å². The molecule has 1 aromatic carbocycles. The smallest absolute Gasteiger partial charge is 0.00187 e. The van der Waals surface area contributed by atoms with Gasteiger partial charge in [-0.15, -0.1) is 0 Å². The van der Waals surface area contributed by atoms with Gasteiger partial charge in [-0.2, -0.15) is 0 Å². The van der Waals surface area contributed by atoms with E-state index in [4.69, 9.17) is 5.73 Å². The molecule has 1 nitrogen and oxygen atoms in total. The Morgan fingerprint density at radius 1 is 1.20 bits per heavy atom. The summed E-state index contributed by atoms with van der Waals surface area (Å²) in [5.41, 5.74) is 8.84. The molecule has 15 heavy (non-hydrogen) atoms. The molecular formula is C14H23N. The average Bonchev–Trinajstić information content (AvgIpc) is 2.16. The van der Waals surface area contributed by atoms with Gasteiger partial charge in [0.25, 0.3) is 0 Å². The average molecular weight is 205 g/mol. The van der Waals surface area contributed by atoms with Gasteiger partial charge in [0, 0.05) is 6.04 Å². The van der Waals surface area contributed by atoms with Gasteiger partial charge in [-0.3, -0.25) is 0 Å². The topological polar surface area (TPSA) is 26.0 Å². The summed E-state index contributed by atoms with van der Waals surface area (Å²) in [4.78, 5) is 0. The second-order valence-electron chi connectivity index (χ2n) is 5.12. The van der Waals surface area contributed by atoms with Crippen LogP contribution in [0.4, 0.5) is 0 Å². The van der Waals surface area contributed by atoms with Crippen LogP contribution in [0.1, 0.15) is 45.2 Å². The van der Waals surface area contributed by atoms with Gasteiger partial charge >= 0.3 is 0 Å². The number of rotatable bonds is 4. The molecule has 0 saturated carbocycles. The van der Waals surface area contributed by atoms with E-state index in [0.717, 1.165) is 12.8 Å². The van der Waals surface area contributed by atoms with Crippen molar-refractivity contribution in [3.05, 3.63) is 35.4 Å². The normalized spacial score (nSPS) is 13.9. The Morgan fingerprint density at radius 3 is 2.13 bits per heavy atom. The summed E-state index contributed by atoms with van der Waals surface area (Å²) in [6, 6.07) is 9.17. The number of aryl methyl sites for hydroxylation is 1. The molecule has 1 aromatic rings. The molecule has 0 saturated heterocycles. The first-order valence-electron chi connectivity index (χ1n) is 5.80. The van der Waals surface area contributed by atoms with Crippen molar-refractivity contribution in [1.82, 2.24) is 0 Å². The SMILES string of the molecule is CCc1ccc(C(C)(C)C[C@@H](C)N)cc1. The van der Waals surface area contributed by atoms with Crippen molar-refractivity contribution in [2.75, 3.05) is 0 Å². The quantitative estimate of drug-likeness (QED) is 0.802. The standard InChI is InChI=1S/C14H23N/c1-5-12-6-8-13(9-7-12)14(3,4)10-11(2)15/h6-9,11H,5,10,15H2,1-4H3/t11-/m1/s1.